The van der Waals surface area contributed by atoms with E-state index in [0.717, 1.165) is 0 Å². The van der Waals surface area contributed by atoms with Crippen molar-refractivity contribution in [3.05, 3.63) is 42.0 Å². The van der Waals surface area contributed by atoms with Crippen LogP contribution >= 0.6 is 0 Å². The number of ether oxygens (including phenoxy) is 4. The number of carbonyl (C=O) groups is 2. The van der Waals surface area contributed by atoms with Crippen LogP contribution < -0.4 is 19.5 Å². The molecule has 33 heavy (non-hydrogen) atoms. The van der Waals surface area contributed by atoms with Gasteiger partial charge in [-0.25, -0.2) is 13.2 Å². The summed E-state index contributed by atoms with van der Waals surface area (Å²) in [6.45, 7) is 4.42. The number of benzene rings is 2. The minimum Gasteiger partial charge on any atom is -0.493 e. The Balaban J connectivity index is 1.60. The van der Waals surface area contributed by atoms with Crippen LogP contribution in [-0.4, -0.2) is 64.6 Å². The van der Waals surface area contributed by atoms with Crippen molar-refractivity contribution in [1.29, 1.82) is 0 Å². The van der Waals surface area contributed by atoms with E-state index in [-0.39, 0.29) is 10.5 Å². The summed E-state index contributed by atoms with van der Waals surface area (Å²) in [6.07, 6.45) is 0. The van der Waals surface area contributed by atoms with Gasteiger partial charge in [-0.2, -0.15) is 4.31 Å². The summed E-state index contributed by atoms with van der Waals surface area (Å²) in [6, 6.07) is 8.69. The summed E-state index contributed by atoms with van der Waals surface area (Å²) in [5.41, 5.74) is 0.519. The highest BCUT2D eigenvalue weighted by Crippen LogP contribution is 2.40. The molecule has 0 bridgehead atoms. The first kappa shape index (κ1) is 24.3. The molecule has 0 spiro atoms. The summed E-state index contributed by atoms with van der Waals surface area (Å²) in [5.74, 6) is -0.224. The van der Waals surface area contributed by atoms with Crippen LogP contribution in [0.3, 0.4) is 0 Å². The van der Waals surface area contributed by atoms with Crippen LogP contribution in [-0.2, 0) is 19.6 Å². The van der Waals surface area contributed by atoms with Crippen LogP contribution in [0, 0.1) is 0 Å². The molecule has 11 heteroatoms. The molecule has 1 aliphatic rings. The molecule has 10 nitrogen and oxygen atoms in total. The number of nitrogens with zero attached hydrogens (tertiary/aromatic N) is 1. The molecule has 1 amide bonds. The van der Waals surface area contributed by atoms with Crippen molar-refractivity contribution in [2.45, 2.75) is 18.7 Å². The number of hydrogen-bond acceptors (Lipinski definition) is 8. The number of amides is 1. The third-order valence-electron chi connectivity index (χ3n) is 4.88. The Morgan fingerprint density at radius 2 is 1.73 bits per heavy atom. The maximum atomic E-state index is 12.5. The van der Waals surface area contributed by atoms with Crippen molar-refractivity contribution < 1.29 is 37.0 Å². The van der Waals surface area contributed by atoms with Crippen LogP contribution in [0.15, 0.2) is 41.3 Å². The van der Waals surface area contributed by atoms with Gasteiger partial charge in [-0.3, -0.25) is 4.79 Å². The standard InChI is InChI=1S/C22H26N2O8S/c1-4-24(5-2)33(27,28)17-8-6-16(7-9-17)23-20(25)14-32-22(26)15-12-18(29-3)21-19(13-15)30-10-11-31-21/h6-9,12-13H,4-5,10-11,14H2,1-3H3,(H,23,25). The van der Waals surface area contributed by atoms with Gasteiger partial charge in [0.2, 0.25) is 15.8 Å². The monoisotopic (exact) mass is 478 g/mol. The van der Waals surface area contributed by atoms with Crippen molar-refractivity contribution in [2.75, 3.05) is 45.3 Å². The molecule has 2 aromatic carbocycles. The fourth-order valence-electron chi connectivity index (χ4n) is 3.23. The molecule has 0 aliphatic carbocycles. The molecule has 2 aromatic rings. The molecule has 0 fully saturated rings. The van der Waals surface area contributed by atoms with Crippen LogP contribution in [0.25, 0.3) is 0 Å². The number of fused-ring (bicyclic) bond motifs is 1. The van der Waals surface area contributed by atoms with E-state index in [0.29, 0.717) is 49.2 Å². The summed E-state index contributed by atoms with van der Waals surface area (Å²) >= 11 is 0. The van der Waals surface area contributed by atoms with Gasteiger partial charge >= 0.3 is 5.97 Å². The van der Waals surface area contributed by atoms with Gasteiger partial charge in [0.25, 0.3) is 5.91 Å². The van der Waals surface area contributed by atoms with E-state index in [4.69, 9.17) is 18.9 Å². The lowest BCUT2D eigenvalue weighted by atomic mass is 10.1. The predicted molar refractivity (Wildman–Crippen MR) is 119 cm³/mol. The second-order valence-corrected chi connectivity index (χ2v) is 8.88. The van der Waals surface area contributed by atoms with Crippen molar-refractivity contribution in [1.82, 2.24) is 4.31 Å². The number of esters is 1. The maximum Gasteiger partial charge on any atom is 0.338 e. The number of carbonyl (C=O) groups excluding carboxylic acids is 2. The number of nitrogens with one attached hydrogen (secondary N) is 1. The van der Waals surface area contributed by atoms with Gasteiger partial charge in [-0.15, -0.1) is 0 Å². The molecule has 0 atom stereocenters. The summed E-state index contributed by atoms with van der Waals surface area (Å²) in [4.78, 5) is 24.7. The Morgan fingerprint density at radius 3 is 2.36 bits per heavy atom. The zero-order valence-corrected chi connectivity index (χ0v) is 19.4. The van der Waals surface area contributed by atoms with E-state index in [2.05, 4.69) is 5.32 Å². The van der Waals surface area contributed by atoms with E-state index >= 15 is 0 Å². The normalized spacial score (nSPS) is 12.8. The minimum absolute atomic E-state index is 0.128. The van der Waals surface area contributed by atoms with Gasteiger partial charge in [0.15, 0.2) is 18.1 Å². The second-order valence-electron chi connectivity index (χ2n) is 6.94. The third kappa shape index (κ3) is 5.55. The Kier molecular flexibility index (Phi) is 7.77. The largest absolute Gasteiger partial charge is 0.493 e. The number of sulfonamides is 1. The van der Waals surface area contributed by atoms with Crippen molar-refractivity contribution in [3.63, 3.8) is 0 Å². The van der Waals surface area contributed by atoms with Crippen molar-refractivity contribution in [3.8, 4) is 17.2 Å². The molecule has 0 unspecified atom stereocenters. The maximum absolute atomic E-state index is 12.5. The summed E-state index contributed by atoms with van der Waals surface area (Å²) in [7, 11) is -2.15. The predicted octanol–water partition coefficient (Wildman–Crippen LogP) is 2.29. The first-order valence-corrected chi connectivity index (χ1v) is 11.8. The number of rotatable bonds is 9. The fourth-order valence-corrected chi connectivity index (χ4v) is 4.68. The SMILES string of the molecule is CCN(CC)S(=O)(=O)c1ccc(NC(=O)COC(=O)c2cc(OC)c3c(c2)OCCO3)cc1. The molecule has 1 heterocycles. The molecule has 1 N–H and O–H groups in total. The van der Waals surface area contributed by atoms with Gasteiger partial charge in [-0.05, 0) is 36.4 Å². The Hall–Kier alpha value is -3.31. The summed E-state index contributed by atoms with van der Waals surface area (Å²) < 4.78 is 47.7. The number of anilines is 1. The number of hydrogen-bond donors (Lipinski definition) is 1. The lowest BCUT2D eigenvalue weighted by molar-refractivity contribution is -0.119. The van der Waals surface area contributed by atoms with Crippen LogP contribution in [0.2, 0.25) is 0 Å². The highest BCUT2D eigenvalue weighted by molar-refractivity contribution is 7.89. The van der Waals surface area contributed by atoms with E-state index in [1.807, 2.05) is 0 Å². The molecular formula is C22H26N2O8S. The van der Waals surface area contributed by atoms with Crippen molar-refractivity contribution in [2.24, 2.45) is 0 Å². The van der Waals surface area contributed by atoms with Gasteiger partial charge in [0.1, 0.15) is 13.2 Å². The van der Waals surface area contributed by atoms with Gasteiger partial charge in [0.05, 0.1) is 17.6 Å². The number of methoxy groups -OCH3 is 1. The minimum atomic E-state index is -3.59. The first-order chi connectivity index (χ1) is 15.8. The molecule has 0 saturated heterocycles. The quantitative estimate of drug-likeness (QED) is 0.545. The molecule has 178 valence electrons. The molecule has 3 rings (SSSR count). The zero-order chi connectivity index (χ0) is 24.0. The highest BCUT2D eigenvalue weighted by atomic mass is 32.2. The molecular weight excluding hydrogens is 452 g/mol. The Morgan fingerprint density at radius 1 is 1.06 bits per heavy atom. The molecule has 1 aliphatic heterocycles. The van der Waals surface area contributed by atoms with Crippen LogP contribution in [0.1, 0.15) is 24.2 Å². The average molecular weight is 479 g/mol. The van der Waals surface area contributed by atoms with Gasteiger partial charge in [0, 0.05) is 18.8 Å². The third-order valence-corrected chi connectivity index (χ3v) is 6.94. The van der Waals surface area contributed by atoms with Crippen molar-refractivity contribution >= 4 is 27.6 Å². The van der Waals surface area contributed by atoms with E-state index in [1.165, 1.54) is 47.8 Å². The fraction of sp³-hybridized carbons (Fsp3) is 0.364. The smallest absolute Gasteiger partial charge is 0.338 e. The second kappa shape index (κ2) is 10.5. The lowest BCUT2D eigenvalue weighted by Gasteiger charge is -2.21. The topological polar surface area (TPSA) is 120 Å². The molecule has 0 aromatic heterocycles. The van der Waals surface area contributed by atoms with E-state index in [1.54, 1.807) is 13.8 Å². The van der Waals surface area contributed by atoms with Crippen LogP contribution in [0.4, 0.5) is 5.69 Å². The summed E-state index contributed by atoms with van der Waals surface area (Å²) in [5, 5.41) is 2.56. The average Bonchev–Trinajstić information content (AvgIpc) is 2.82. The van der Waals surface area contributed by atoms with Gasteiger partial charge < -0.3 is 24.3 Å². The first-order valence-electron chi connectivity index (χ1n) is 10.3. The van der Waals surface area contributed by atoms with E-state index in [9.17, 15) is 18.0 Å². The van der Waals surface area contributed by atoms with Crippen LogP contribution in [0.5, 0.6) is 17.2 Å². The zero-order valence-electron chi connectivity index (χ0n) is 18.6. The highest BCUT2D eigenvalue weighted by Gasteiger charge is 2.23. The molecule has 0 saturated carbocycles. The lowest BCUT2D eigenvalue weighted by Crippen LogP contribution is -2.30. The Labute approximate surface area is 192 Å². The Bertz CT molecular complexity index is 1090. The van der Waals surface area contributed by atoms with E-state index < -0.39 is 28.5 Å². The molecule has 0 radical (unpaired) electrons. The van der Waals surface area contributed by atoms with Gasteiger partial charge in [-0.1, -0.05) is 13.8 Å².